The molecule has 0 aromatic carbocycles. The first kappa shape index (κ1) is 26.9. The second-order valence-corrected chi connectivity index (χ2v) is 8.06. The van der Waals surface area contributed by atoms with Crippen LogP contribution in [0.2, 0.25) is 0 Å². The molecular weight excluding hydrogens is 493 g/mol. The van der Waals surface area contributed by atoms with E-state index in [4.69, 9.17) is 9.15 Å². The number of morpholine rings is 1. The number of furan rings is 1. The van der Waals surface area contributed by atoms with Gasteiger partial charge in [-0.25, -0.2) is 5.43 Å². The minimum atomic E-state index is -6.65. The standard InChI is InChI=1S/C20H23F7N4O4/c1-11-14-12(29-30-17(33)18(21,22)19(23,24)20(25,26)27)3-2-4-13(14)35-15(11)16(32)28-5-6-31-7-9-34-10-8-31/h2-10H2,1H3,(H,28,32)(H,30,33)/b29-12+. The molecule has 0 bridgehead atoms. The second-order valence-electron chi connectivity index (χ2n) is 8.06. The number of alkyl halides is 7. The van der Waals surface area contributed by atoms with Crippen LogP contribution >= 0.6 is 0 Å². The zero-order valence-electron chi connectivity index (χ0n) is 18.5. The van der Waals surface area contributed by atoms with E-state index in [1.165, 1.54) is 6.92 Å². The van der Waals surface area contributed by atoms with Gasteiger partial charge in [-0.2, -0.15) is 35.8 Å². The van der Waals surface area contributed by atoms with Crippen molar-refractivity contribution in [3.8, 4) is 0 Å². The summed E-state index contributed by atoms with van der Waals surface area (Å²) < 4.78 is 101. The van der Waals surface area contributed by atoms with Crippen LogP contribution < -0.4 is 10.7 Å². The summed E-state index contributed by atoms with van der Waals surface area (Å²) in [4.78, 5) is 26.2. The summed E-state index contributed by atoms with van der Waals surface area (Å²) in [6.07, 6.45) is -5.88. The van der Waals surface area contributed by atoms with Gasteiger partial charge in [-0.3, -0.25) is 14.5 Å². The molecule has 1 aromatic heterocycles. The maximum Gasteiger partial charge on any atom is 0.460 e. The first-order chi connectivity index (χ1) is 16.3. The van der Waals surface area contributed by atoms with Crippen molar-refractivity contribution in [3.63, 3.8) is 0 Å². The van der Waals surface area contributed by atoms with Crippen molar-refractivity contribution in [1.82, 2.24) is 15.6 Å². The van der Waals surface area contributed by atoms with Crippen molar-refractivity contribution in [1.29, 1.82) is 0 Å². The number of hydrogen-bond acceptors (Lipinski definition) is 6. The van der Waals surface area contributed by atoms with Crippen molar-refractivity contribution >= 4 is 17.5 Å². The summed E-state index contributed by atoms with van der Waals surface area (Å²) in [6, 6.07) is 0. The van der Waals surface area contributed by atoms with Crippen LogP contribution in [0.5, 0.6) is 0 Å². The predicted molar refractivity (Wildman–Crippen MR) is 107 cm³/mol. The predicted octanol–water partition coefficient (Wildman–Crippen LogP) is 2.64. The van der Waals surface area contributed by atoms with Gasteiger partial charge in [-0.05, 0) is 19.8 Å². The Kier molecular flexibility index (Phi) is 7.79. The van der Waals surface area contributed by atoms with Crippen molar-refractivity contribution in [2.45, 2.75) is 44.2 Å². The highest BCUT2D eigenvalue weighted by Gasteiger charge is 2.76. The van der Waals surface area contributed by atoms with Gasteiger partial charge in [-0.15, -0.1) is 0 Å². The Morgan fingerprint density at radius 2 is 1.71 bits per heavy atom. The van der Waals surface area contributed by atoms with Crippen LogP contribution in [-0.4, -0.2) is 79.8 Å². The number of carbonyl (C=O) groups is 2. The zero-order chi connectivity index (χ0) is 26.0. The highest BCUT2D eigenvalue weighted by atomic mass is 19.4. The second kappa shape index (κ2) is 10.1. The Balaban J connectivity index is 1.71. The third kappa shape index (κ3) is 5.44. The molecule has 1 fully saturated rings. The highest BCUT2D eigenvalue weighted by Crippen LogP contribution is 2.46. The lowest BCUT2D eigenvalue weighted by molar-refractivity contribution is -0.344. The van der Waals surface area contributed by atoms with E-state index in [0.717, 1.165) is 18.5 Å². The SMILES string of the molecule is Cc1c(C(=O)NCCN2CCOCC2)oc2c1/C(=N/NC(=O)C(F)(F)C(F)(F)C(F)(F)F)CCC2. The quantitative estimate of drug-likeness (QED) is 0.429. The summed E-state index contributed by atoms with van der Waals surface area (Å²) in [5, 5.41) is 6.07. The lowest BCUT2D eigenvalue weighted by Gasteiger charge is -2.26. The molecule has 2 amide bonds. The molecule has 8 nitrogen and oxygen atoms in total. The molecule has 2 aliphatic rings. The Bertz CT molecular complexity index is 985. The molecule has 1 saturated heterocycles. The van der Waals surface area contributed by atoms with Gasteiger partial charge in [-0.1, -0.05) is 0 Å². The number of hydrogen-bond donors (Lipinski definition) is 2. The van der Waals surface area contributed by atoms with E-state index < -0.39 is 29.8 Å². The molecule has 0 atom stereocenters. The van der Waals surface area contributed by atoms with Crippen LogP contribution in [0.15, 0.2) is 9.52 Å². The van der Waals surface area contributed by atoms with Gasteiger partial charge in [0.15, 0.2) is 5.76 Å². The van der Waals surface area contributed by atoms with Crippen molar-refractivity contribution in [2.75, 3.05) is 39.4 Å². The molecule has 2 heterocycles. The number of nitrogens with zero attached hydrogens (tertiary/aromatic N) is 2. The van der Waals surface area contributed by atoms with Crippen LogP contribution in [0.3, 0.4) is 0 Å². The van der Waals surface area contributed by atoms with Crippen LogP contribution in [-0.2, 0) is 16.0 Å². The highest BCUT2D eigenvalue weighted by molar-refractivity contribution is 6.06. The summed E-state index contributed by atoms with van der Waals surface area (Å²) >= 11 is 0. The van der Waals surface area contributed by atoms with E-state index in [1.54, 1.807) is 0 Å². The maximum absolute atomic E-state index is 13.6. The smallest absolute Gasteiger partial charge is 0.455 e. The average Bonchev–Trinajstić information content (AvgIpc) is 3.14. The molecule has 0 spiro atoms. The number of fused-ring (bicyclic) bond motifs is 1. The normalized spacial score (nSPS) is 18.9. The third-order valence-corrected chi connectivity index (χ3v) is 5.68. The summed E-state index contributed by atoms with van der Waals surface area (Å²) in [5.41, 5.74) is 1.50. The third-order valence-electron chi connectivity index (χ3n) is 5.68. The van der Waals surface area contributed by atoms with Gasteiger partial charge in [0.05, 0.1) is 18.9 Å². The molecule has 1 aliphatic carbocycles. The fourth-order valence-electron chi connectivity index (χ4n) is 3.74. The molecule has 196 valence electrons. The zero-order valence-corrected chi connectivity index (χ0v) is 18.5. The summed E-state index contributed by atoms with van der Waals surface area (Å²) in [6.45, 7) is 5.00. The Morgan fingerprint density at radius 3 is 2.34 bits per heavy atom. The van der Waals surface area contributed by atoms with Gasteiger partial charge in [0.1, 0.15) is 5.76 Å². The average molecular weight is 516 g/mol. The largest absolute Gasteiger partial charge is 0.460 e. The minimum Gasteiger partial charge on any atom is -0.455 e. The van der Waals surface area contributed by atoms with Gasteiger partial charge in [0.2, 0.25) is 0 Å². The number of halogens is 7. The van der Waals surface area contributed by atoms with E-state index in [0.29, 0.717) is 39.1 Å². The molecule has 35 heavy (non-hydrogen) atoms. The number of nitrogens with one attached hydrogen (secondary N) is 2. The van der Waals surface area contributed by atoms with E-state index >= 15 is 0 Å². The lowest BCUT2D eigenvalue weighted by Crippen LogP contribution is -2.58. The number of amides is 2. The lowest BCUT2D eigenvalue weighted by atomic mass is 9.93. The van der Waals surface area contributed by atoms with Crippen LogP contribution in [0, 0.1) is 6.92 Å². The molecule has 1 aromatic rings. The van der Waals surface area contributed by atoms with Crippen LogP contribution in [0.4, 0.5) is 30.7 Å². The van der Waals surface area contributed by atoms with E-state index in [9.17, 15) is 40.3 Å². The van der Waals surface area contributed by atoms with E-state index in [2.05, 4.69) is 15.3 Å². The molecule has 0 unspecified atom stereocenters. The van der Waals surface area contributed by atoms with Crippen LogP contribution in [0.1, 0.15) is 40.3 Å². The van der Waals surface area contributed by atoms with Gasteiger partial charge in [0, 0.05) is 43.7 Å². The van der Waals surface area contributed by atoms with Gasteiger partial charge < -0.3 is 14.5 Å². The molecule has 0 saturated carbocycles. The summed E-state index contributed by atoms with van der Waals surface area (Å²) in [5.74, 6) is -16.0. The van der Waals surface area contributed by atoms with Crippen molar-refractivity contribution < 1.29 is 49.5 Å². The molecule has 0 radical (unpaired) electrons. The summed E-state index contributed by atoms with van der Waals surface area (Å²) in [7, 11) is 0. The van der Waals surface area contributed by atoms with Crippen molar-refractivity contribution in [2.24, 2.45) is 5.10 Å². The minimum absolute atomic E-state index is 0.0764. The topological polar surface area (TPSA) is 96.2 Å². The fraction of sp³-hybridized carbons (Fsp3) is 0.650. The number of hydrazone groups is 1. The molecule has 15 heteroatoms. The number of carbonyl (C=O) groups excluding carboxylic acids is 2. The van der Waals surface area contributed by atoms with Gasteiger partial charge >= 0.3 is 23.9 Å². The first-order valence-electron chi connectivity index (χ1n) is 10.7. The van der Waals surface area contributed by atoms with Crippen LogP contribution in [0.25, 0.3) is 0 Å². The van der Waals surface area contributed by atoms with E-state index in [-0.39, 0.29) is 34.8 Å². The molecule has 3 rings (SSSR count). The monoisotopic (exact) mass is 516 g/mol. The maximum atomic E-state index is 13.6. The number of rotatable bonds is 7. The fourth-order valence-corrected chi connectivity index (χ4v) is 3.74. The molecule has 2 N–H and O–H groups in total. The van der Waals surface area contributed by atoms with Crippen molar-refractivity contribution in [3.05, 3.63) is 22.6 Å². The van der Waals surface area contributed by atoms with E-state index in [1.807, 2.05) is 0 Å². The number of ether oxygens (including phenoxy) is 1. The Hall–Kier alpha value is -2.68. The Morgan fingerprint density at radius 1 is 1.06 bits per heavy atom. The molecular formula is C20H23F7N4O4. The van der Waals surface area contributed by atoms with Gasteiger partial charge in [0.25, 0.3) is 5.91 Å². The molecule has 1 aliphatic heterocycles. The Labute approximate surface area is 194 Å². The first-order valence-corrected chi connectivity index (χ1v) is 10.7. The number of aryl methyl sites for hydroxylation is 1.